The summed E-state index contributed by atoms with van der Waals surface area (Å²) in [5, 5.41) is 13.6. The third kappa shape index (κ3) is 3.71. The van der Waals surface area contributed by atoms with Crippen molar-refractivity contribution in [2.75, 3.05) is 5.43 Å². The number of aromatic nitrogens is 1. The highest BCUT2D eigenvalue weighted by molar-refractivity contribution is 6.01. The minimum Gasteiger partial charge on any atom is -0.507 e. The van der Waals surface area contributed by atoms with Gasteiger partial charge in [0.05, 0.1) is 11.3 Å². The first-order chi connectivity index (χ1) is 9.88. The van der Waals surface area contributed by atoms with E-state index in [-0.39, 0.29) is 11.6 Å². The van der Waals surface area contributed by atoms with Crippen molar-refractivity contribution in [3.63, 3.8) is 0 Å². The molecule has 0 bridgehead atoms. The lowest BCUT2D eigenvalue weighted by atomic mass is 10.1. The van der Waals surface area contributed by atoms with E-state index >= 15 is 0 Å². The van der Waals surface area contributed by atoms with Gasteiger partial charge >= 0.3 is 6.18 Å². The summed E-state index contributed by atoms with van der Waals surface area (Å²) < 4.78 is 37.2. The fraction of sp³-hybridized carbons (Fsp3) is 0.143. The topological polar surface area (TPSA) is 57.5 Å². The predicted octanol–water partition coefficient (Wildman–Crippen LogP) is 3.64. The van der Waals surface area contributed by atoms with Crippen molar-refractivity contribution in [1.82, 2.24) is 4.98 Å². The number of nitrogens with zero attached hydrogens (tertiary/aromatic N) is 2. The van der Waals surface area contributed by atoms with E-state index in [0.29, 0.717) is 11.3 Å². The molecule has 1 aromatic carbocycles. The summed E-state index contributed by atoms with van der Waals surface area (Å²) in [7, 11) is 0. The first-order valence-electron chi connectivity index (χ1n) is 6.00. The van der Waals surface area contributed by atoms with Crippen LogP contribution in [0.4, 0.5) is 19.0 Å². The molecule has 0 saturated carbocycles. The maximum absolute atomic E-state index is 12.4. The van der Waals surface area contributed by atoms with Crippen molar-refractivity contribution in [2.45, 2.75) is 13.1 Å². The molecule has 110 valence electrons. The number of hydrogen-bond acceptors (Lipinski definition) is 4. The van der Waals surface area contributed by atoms with Crippen LogP contribution in [-0.4, -0.2) is 15.8 Å². The first kappa shape index (κ1) is 14.8. The number of pyridine rings is 1. The smallest absolute Gasteiger partial charge is 0.417 e. The number of hydrogen-bond donors (Lipinski definition) is 2. The van der Waals surface area contributed by atoms with Crippen LogP contribution < -0.4 is 5.43 Å². The van der Waals surface area contributed by atoms with Gasteiger partial charge in [-0.1, -0.05) is 12.1 Å². The molecule has 0 radical (unpaired) electrons. The Hall–Kier alpha value is -2.57. The average molecular weight is 295 g/mol. The van der Waals surface area contributed by atoms with Gasteiger partial charge in [-0.05, 0) is 31.2 Å². The van der Waals surface area contributed by atoms with Gasteiger partial charge in [-0.3, -0.25) is 5.43 Å². The molecule has 0 fully saturated rings. The number of para-hydroxylation sites is 1. The van der Waals surface area contributed by atoms with Gasteiger partial charge in [-0.2, -0.15) is 18.3 Å². The Morgan fingerprint density at radius 3 is 2.48 bits per heavy atom. The number of aromatic hydroxyl groups is 1. The lowest BCUT2D eigenvalue weighted by Gasteiger charge is -2.07. The van der Waals surface area contributed by atoms with Gasteiger partial charge in [-0.25, -0.2) is 4.98 Å². The molecular weight excluding hydrogens is 283 g/mol. The van der Waals surface area contributed by atoms with Gasteiger partial charge in [0.15, 0.2) is 0 Å². The molecule has 7 heteroatoms. The van der Waals surface area contributed by atoms with Crippen LogP contribution in [0.2, 0.25) is 0 Å². The van der Waals surface area contributed by atoms with E-state index in [1.165, 1.54) is 12.1 Å². The molecule has 0 aliphatic rings. The monoisotopic (exact) mass is 295 g/mol. The summed E-state index contributed by atoms with van der Waals surface area (Å²) in [6.45, 7) is 1.66. The molecular formula is C14H12F3N3O. The number of rotatable bonds is 3. The molecule has 0 aliphatic heterocycles. The summed E-state index contributed by atoms with van der Waals surface area (Å²) in [6, 6.07) is 8.72. The molecule has 0 atom stereocenters. The third-order valence-electron chi connectivity index (χ3n) is 2.72. The Bertz CT molecular complexity index is 651. The summed E-state index contributed by atoms with van der Waals surface area (Å²) in [5.41, 5.74) is 2.73. The van der Waals surface area contributed by atoms with E-state index < -0.39 is 11.7 Å². The van der Waals surface area contributed by atoms with Crippen molar-refractivity contribution in [3.8, 4) is 5.75 Å². The van der Waals surface area contributed by atoms with Crippen LogP contribution in [0, 0.1) is 0 Å². The molecule has 0 unspecified atom stereocenters. The van der Waals surface area contributed by atoms with Crippen molar-refractivity contribution >= 4 is 11.5 Å². The van der Waals surface area contributed by atoms with Gasteiger partial charge in [0.2, 0.25) is 0 Å². The van der Waals surface area contributed by atoms with Gasteiger partial charge < -0.3 is 5.11 Å². The predicted molar refractivity (Wildman–Crippen MR) is 73.2 cm³/mol. The number of anilines is 1. The van der Waals surface area contributed by atoms with Crippen LogP contribution in [0.25, 0.3) is 0 Å². The van der Waals surface area contributed by atoms with Crippen LogP contribution >= 0.6 is 0 Å². The second-order valence-electron chi connectivity index (χ2n) is 4.26. The molecule has 0 amide bonds. The number of alkyl halides is 3. The Kier molecular flexibility index (Phi) is 4.11. The van der Waals surface area contributed by atoms with E-state index in [0.717, 1.165) is 12.3 Å². The van der Waals surface area contributed by atoms with Crippen LogP contribution in [0.1, 0.15) is 18.1 Å². The largest absolute Gasteiger partial charge is 0.507 e. The minimum absolute atomic E-state index is 0.0703. The minimum atomic E-state index is -4.42. The van der Waals surface area contributed by atoms with E-state index in [1.54, 1.807) is 25.1 Å². The van der Waals surface area contributed by atoms with E-state index in [4.69, 9.17) is 0 Å². The number of halogens is 3. The highest BCUT2D eigenvalue weighted by atomic mass is 19.4. The van der Waals surface area contributed by atoms with Crippen molar-refractivity contribution in [2.24, 2.45) is 5.10 Å². The van der Waals surface area contributed by atoms with Crippen LogP contribution in [0.5, 0.6) is 5.75 Å². The molecule has 2 N–H and O–H groups in total. The average Bonchev–Trinajstić information content (AvgIpc) is 2.45. The van der Waals surface area contributed by atoms with Crippen LogP contribution in [-0.2, 0) is 6.18 Å². The number of phenolic OH excluding ortho intramolecular Hbond substituents is 1. The lowest BCUT2D eigenvalue weighted by Crippen LogP contribution is -2.06. The molecule has 4 nitrogen and oxygen atoms in total. The fourth-order valence-electron chi connectivity index (χ4n) is 1.61. The second-order valence-corrected chi connectivity index (χ2v) is 4.26. The lowest BCUT2D eigenvalue weighted by molar-refractivity contribution is -0.137. The van der Waals surface area contributed by atoms with Gasteiger partial charge in [-0.15, -0.1) is 0 Å². The van der Waals surface area contributed by atoms with Gasteiger partial charge in [0, 0.05) is 11.8 Å². The summed E-state index contributed by atoms with van der Waals surface area (Å²) in [6.07, 6.45) is -3.69. The quantitative estimate of drug-likeness (QED) is 0.671. The Labute approximate surface area is 119 Å². The molecule has 0 spiro atoms. The Morgan fingerprint density at radius 2 is 1.90 bits per heavy atom. The zero-order valence-electron chi connectivity index (χ0n) is 11.0. The summed E-state index contributed by atoms with van der Waals surface area (Å²) in [5.74, 6) is 0.249. The second kappa shape index (κ2) is 5.82. The highest BCUT2D eigenvalue weighted by Gasteiger charge is 2.30. The molecule has 0 aliphatic carbocycles. The van der Waals surface area contributed by atoms with E-state index in [9.17, 15) is 18.3 Å². The number of benzene rings is 1. The maximum atomic E-state index is 12.4. The van der Waals surface area contributed by atoms with Gasteiger partial charge in [0.25, 0.3) is 0 Å². The van der Waals surface area contributed by atoms with Crippen LogP contribution in [0.3, 0.4) is 0 Å². The highest BCUT2D eigenvalue weighted by Crippen LogP contribution is 2.28. The summed E-state index contributed by atoms with van der Waals surface area (Å²) >= 11 is 0. The third-order valence-corrected chi connectivity index (χ3v) is 2.72. The van der Waals surface area contributed by atoms with E-state index in [2.05, 4.69) is 15.5 Å². The fourth-order valence-corrected chi connectivity index (χ4v) is 1.61. The summed E-state index contributed by atoms with van der Waals surface area (Å²) in [4.78, 5) is 3.63. The molecule has 21 heavy (non-hydrogen) atoms. The number of nitrogens with one attached hydrogen (secondary N) is 1. The Morgan fingerprint density at radius 1 is 1.19 bits per heavy atom. The van der Waals surface area contributed by atoms with Crippen molar-refractivity contribution in [1.29, 1.82) is 0 Å². The molecule has 0 saturated heterocycles. The van der Waals surface area contributed by atoms with Crippen molar-refractivity contribution in [3.05, 3.63) is 53.7 Å². The number of phenols is 1. The first-order valence-corrected chi connectivity index (χ1v) is 6.00. The SMILES string of the molecule is CC(=NNc1ccc(C(F)(F)F)cn1)c1ccccc1O. The van der Waals surface area contributed by atoms with Crippen molar-refractivity contribution < 1.29 is 18.3 Å². The van der Waals surface area contributed by atoms with Gasteiger partial charge in [0.1, 0.15) is 11.6 Å². The normalized spacial score (nSPS) is 12.3. The Balaban J connectivity index is 2.12. The number of hydrazone groups is 1. The maximum Gasteiger partial charge on any atom is 0.417 e. The zero-order valence-corrected chi connectivity index (χ0v) is 11.0. The molecule has 2 rings (SSSR count). The molecule has 1 heterocycles. The van der Waals surface area contributed by atoms with Crippen LogP contribution in [0.15, 0.2) is 47.7 Å². The van der Waals surface area contributed by atoms with E-state index in [1.807, 2.05) is 0 Å². The molecule has 1 aromatic heterocycles. The zero-order chi connectivity index (χ0) is 15.5. The molecule has 2 aromatic rings. The standard InChI is InChI=1S/C14H12F3N3O/c1-9(11-4-2-3-5-12(11)21)19-20-13-7-6-10(8-18-13)14(15,16)17/h2-8,21H,1H3,(H,18,20).